The second kappa shape index (κ2) is 6.69. The summed E-state index contributed by atoms with van der Waals surface area (Å²) in [5.74, 6) is 0. The molecule has 0 saturated carbocycles. The second-order valence-corrected chi connectivity index (χ2v) is 4.70. The van der Waals surface area contributed by atoms with Crippen LogP contribution in [0.5, 0.6) is 0 Å². The molecule has 1 aliphatic heterocycles. The van der Waals surface area contributed by atoms with Gasteiger partial charge < -0.3 is 24.4 Å². The van der Waals surface area contributed by atoms with E-state index in [0.29, 0.717) is 0 Å². The first kappa shape index (κ1) is 14.8. The van der Waals surface area contributed by atoms with E-state index >= 15 is 0 Å². The van der Waals surface area contributed by atoms with Gasteiger partial charge in [0.25, 0.3) is 0 Å². The summed E-state index contributed by atoms with van der Waals surface area (Å²) < 4.78 is 15.0. The SMILES string of the molecule is CC1OC(COC(=O)OCc2ccccc2)C(O)C1O. The van der Waals surface area contributed by atoms with Crippen molar-refractivity contribution in [2.45, 2.75) is 37.9 Å². The number of benzene rings is 1. The molecule has 6 heteroatoms. The molecule has 1 aromatic carbocycles. The van der Waals surface area contributed by atoms with Crippen molar-refractivity contribution in [2.75, 3.05) is 6.61 Å². The number of aliphatic hydroxyl groups is 2. The summed E-state index contributed by atoms with van der Waals surface area (Å²) in [4.78, 5) is 11.4. The van der Waals surface area contributed by atoms with Gasteiger partial charge in [-0.25, -0.2) is 4.79 Å². The number of hydrogen-bond acceptors (Lipinski definition) is 6. The number of carbonyl (C=O) groups excluding carboxylic acids is 1. The van der Waals surface area contributed by atoms with Crippen molar-refractivity contribution in [3.63, 3.8) is 0 Å². The van der Waals surface area contributed by atoms with Gasteiger partial charge in [-0.1, -0.05) is 30.3 Å². The molecule has 0 bridgehead atoms. The van der Waals surface area contributed by atoms with Crippen LogP contribution >= 0.6 is 0 Å². The van der Waals surface area contributed by atoms with E-state index in [0.717, 1.165) is 5.56 Å². The number of aliphatic hydroxyl groups excluding tert-OH is 2. The molecule has 1 aliphatic rings. The van der Waals surface area contributed by atoms with Gasteiger partial charge in [0.1, 0.15) is 31.5 Å². The fourth-order valence-corrected chi connectivity index (χ4v) is 1.98. The molecule has 1 fully saturated rings. The largest absolute Gasteiger partial charge is 0.508 e. The molecule has 0 amide bonds. The van der Waals surface area contributed by atoms with Gasteiger partial charge in [0.05, 0.1) is 6.10 Å². The topological polar surface area (TPSA) is 85.2 Å². The van der Waals surface area contributed by atoms with E-state index in [-0.39, 0.29) is 13.2 Å². The Labute approximate surface area is 116 Å². The van der Waals surface area contributed by atoms with Crippen LogP contribution in [-0.2, 0) is 20.8 Å². The Kier molecular flexibility index (Phi) is 4.94. The second-order valence-electron chi connectivity index (χ2n) is 4.70. The van der Waals surface area contributed by atoms with Crippen LogP contribution in [0.4, 0.5) is 4.79 Å². The predicted molar refractivity (Wildman–Crippen MR) is 68.9 cm³/mol. The molecule has 0 spiro atoms. The normalized spacial score (nSPS) is 29.1. The highest BCUT2D eigenvalue weighted by molar-refractivity contribution is 5.59. The lowest BCUT2D eigenvalue weighted by atomic mass is 10.1. The van der Waals surface area contributed by atoms with Gasteiger partial charge in [0.2, 0.25) is 0 Å². The summed E-state index contributed by atoms with van der Waals surface area (Å²) in [7, 11) is 0. The maximum absolute atomic E-state index is 11.4. The standard InChI is InChI=1S/C14H18O6/c1-9-12(15)13(16)11(20-9)8-19-14(17)18-7-10-5-3-2-4-6-10/h2-6,9,11-13,15-16H,7-8H2,1H3. The van der Waals surface area contributed by atoms with E-state index < -0.39 is 30.6 Å². The van der Waals surface area contributed by atoms with Crippen molar-refractivity contribution in [1.82, 2.24) is 0 Å². The Morgan fingerprint density at radius 3 is 2.50 bits per heavy atom. The van der Waals surface area contributed by atoms with Gasteiger partial charge in [-0.2, -0.15) is 0 Å². The van der Waals surface area contributed by atoms with Gasteiger partial charge in [-0.15, -0.1) is 0 Å². The highest BCUT2D eigenvalue weighted by Crippen LogP contribution is 2.21. The lowest BCUT2D eigenvalue weighted by molar-refractivity contribution is -0.0384. The predicted octanol–water partition coefficient (Wildman–Crippen LogP) is 0.849. The summed E-state index contributed by atoms with van der Waals surface area (Å²) >= 11 is 0. The smallest absolute Gasteiger partial charge is 0.431 e. The Morgan fingerprint density at radius 1 is 1.20 bits per heavy atom. The molecule has 6 nitrogen and oxygen atoms in total. The van der Waals surface area contributed by atoms with Crippen LogP contribution in [0.2, 0.25) is 0 Å². The van der Waals surface area contributed by atoms with Crippen LogP contribution in [0, 0.1) is 0 Å². The van der Waals surface area contributed by atoms with Crippen LogP contribution in [0.3, 0.4) is 0 Å². The summed E-state index contributed by atoms with van der Waals surface area (Å²) in [6, 6.07) is 9.21. The molecule has 0 aliphatic carbocycles. The van der Waals surface area contributed by atoms with Gasteiger partial charge in [0, 0.05) is 0 Å². The first-order valence-electron chi connectivity index (χ1n) is 6.43. The summed E-state index contributed by atoms with van der Waals surface area (Å²) in [6.07, 6.45) is -4.09. The summed E-state index contributed by atoms with van der Waals surface area (Å²) in [6.45, 7) is 1.60. The number of ether oxygens (including phenoxy) is 3. The van der Waals surface area contributed by atoms with Crippen LogP contribution in [-0.4, -0.2) is 47.4 Å². The molecular weight excluding hydrogens is 264 g/mol. The Bertz CT molecular complexity index is 435. The van der Waals surface area contributed by atoms with Crippen molar-refractivity contribution in [1.29, 1.82) is 0 Å². The van der Waals surface area contributed by atoms with Crippen LogP contribution in [0.1, 0.15) is 12.5 Å². The van der Waals surface area contributed by atoms with E-state index in [2.05, 4.69) is 0 Å². The Balaban J connectivity index is 1.71. The quantitative estimate of drug-likeness (QED) is 0.796. The van der Waals surface area contributed by atoms with E-state index in [4.69, 9.17) is 14.2 Å². The van der Waals surface area contributed by atoms with Gasteiger partial charge in [-0.05, 0) is 12.5 Å². The molecule has 20 heavy (non-hydrogen) atoms. The lowest BCUT2D eigenvalue weighted by Crippen LogP contribution is -2.34. The third kappa shape index (κ3) is 3.69. The molecule has 0 aromatic heterocycles. The molecule has 1 heterocycles. The van der Waals surface area contributed by atoms with Crippen LogP contribution in [0.15, 0.2) is 30.3 Å². The summed E-state index contributed by atoms with van der Waals surface area (Å²) in [5.41, 5.74) is 0.852. The molecule has 110 valence electrons. The van der Waals surface area contributed by atoms with Gasteiger partial charge >= 0.3 is 6.16 Å². The molecule has 4 atom stereocenters. The Morgan fingerprint density at radius 2 is 1.90 bits per heavy atom. The summed E-state index contributed by atoms with van der Waals surface area (Å²) in [5, 5.41) is 19.1. The van der Waals surface area contributed by atoms with Crippen molar-refractivity contribution in [3.05, 3.63) is 35.9 Å². The minimum atomic E-state index is -1.06. The third-order valence-corrected chi connectivity index (χ3v) is 3.17. The zero-order chi connectivity index (χ0) is 14.5. The van der Waals surface area contributed by atoms with Crippen molar-refractivity contribution >= 4 is 6.16 Å². The van der Waals surface area contributed by atoms with E-state index in [1.807, 2.05) is 30.3 Å². The maximum Gasteiger partial charge on any atom is 0.508 e. The molecule has 2 rings (SSSR count). The molecule has 4 unspecified atom stereocenters. The van der Waals surface area contributed by atoms with Gasteiger partial charge in [0.15, 0.2) is 0 Å². The average molecular weight is 282 g/mol. The minimum absolute atomic E-state index is 0.118. The van der Waals surface area contributed by atoms with Crippen LogP contribution in [0.25, 0.3) is 0 Å². The first-order valence-corrected chi connectivity index (χ1v) is 6.43. The first-order chi connectivity index (χ1) is 9.58. The zero-order valence-corrected chi connectivity index (χ0v) is 11.1. The van der Waals surface area contributed by atoms with Gasteiger partial charge in [-0.3, -0.25) is 0 Å². The average Bonchev–Trinajstić information content (AvgIpc) is 2.71. The molecular formula is C14H18O6. The number of carbonyl (C=O) groups is 1. The van der Waals surface area contributed by atoms with Crippen molar-refractivity contribution in [3.8, 4) is 0 Å². The molecule has 1 aromatic rings. The number of hydrogen-bond donors (Lipinski definition) is 2. The lowest BCUT2D eigenvalue weighted by Gasteiger charge is -2.14. The highest BCUT2D eigenvalue weighted by Gasteiger charge is 2.40. The Hall–Kier alpha value is -1.63. The van der Waals surface area contributed by atoms with Crippen LogP contribution < -0.4 is 0 Å². The maximum atomic E-state index is 11.4. The number of rotatable bonds is 4. The van der Waals surface area contributed by atoms with Crippen molar-refractivity contribution in [2.24, 2.45) is 0 Å². The zero-order valence-electron chi connectivity index (χ0n) is 11.1. The van der Waals surface area contributed by atoms with Crippen molar-refractivity contribution < 1.29 is 29.2 Å². The van der Waals surface area contributed by atoms with E-state index in [9.17, 15) is 15.0 Å². The molecule has 2 N–H and O–H groups in total. The fraction of sp³-hybridized carbons (Fsp3) is 0.500. The highest BCUT2D eigenvalue weighted by atomic mass is 16.7. The fourth-order valence-electron chi connectivity index (χ4n) is 1.98. The third-order valence-electron chi connectivity index (χ3n) is 3.17. The van der Waals surface area contributed by atoms with E-state index in [1.54, 1.807) is 6.92 Å². The molecule has 1 saturated heterocycles. The minimum Gasteiger partial charge on any atom is -0.431 e. The monoisotopic (exact) mass is 282 g/mol. The van der Waals surface area contributed by atoms with E-state index in [1.165, 1.54) is 0 Å². The molecule has 0 radical (unpaired) electrons.